The van der Waals surface area contributed by atoms with Crippen LogP contribution in [-0.4, -0.2) is 10.9 Å². The third kappa shape index (κ3) is 2.53. The Balaban J connectivity index is 1.52. The van der Waals surface area contributed by atoms with Crippen LogP contribution in [-0.2, 0) is 10.2 Å². The van der Waals surface area contributed by atoms with Crippen LogP contribution in [0.2, 0.25) is 0 Å². The quantitative estimate of drug-likeness (QED) is 0.872. The van der Waals surface area contributed by atoms with E-state index in [9.17, 15) is 4.79 Å². The van der Waals surface area contributed by atoms with E-state index in [0.29, 0.717) is 5.92 Å². The molecule has 2 fully saturated rings. The Morgan fingerprint density at radius 1 is 1.29 bits per heavy atom. The number of thiazole rings is 1. The molecule has 21 heavy (non-hydrogen) atoms. The molecule has 2 aromatic rings. The van der Waals surface area contributed by atoms with Crippen LogP contribution in [0.15, 0.2) is 34.1 Å². The second-order valence-electron chi connectivity index (χ2n) is 5.89. The molecule has 108 valence electrons. The van der Waals surface area contributed by atoms with Gasteiger partial charge in [0.25, 0.3) is 0 Å². The number of hydrogen-bond acceptors (Lipinski definition) is 3. The molecule has 2 saturated carbocycles. The third-order valence-corrected chi connectivity index (χ3v) is 5.62. The molecule has 0 spiro atoms. The van der Waals surface area contributed by atoms with Gasteiger partial charge in [-0.15, -0.1) is 11.3 Å². The van der Waals surface area contributed by atoms with Crippen molar-refractivity contribution in [2.75, 3.05) is 5.32 Å². The Labute approximate surface area is 135 Å². The maximum absolute atomic E-state index is 12.6. The molecule has 1 aromatic carbocycles. The summed E-state index contributed by atoms with van der Waals surface area (Å²) in [5, 5.41) is 5.83. The maximum Gasteiger partial charge on any atom is 0.236 e. The van der Waals surface area contributed by atoms with Crippen molar-refractivity contribution in [3.8, 4) is 0 Å². The maximum atomic E-state index is 12.6. The summed E-state index contributed by atoms with van der Waals surface area (Å²) >= 11 is 4.97. The molecule has 1 amide bonds. The minimum Gasteiger partial charge on any atom is -0.301 e. The van der Waals surface area contributed by atoms with E-state index >= 15 is 0 Å². The van der Waals surface area contributed by atoms with Crippen LogP contribution >= 0.6 is 27.3 Å². The van der Waals surface area contributed by atoms with Crippen molar-refractivity contribution in [2.24, 2.45) is 0 Å². The predicted molar refractivity (Wildman–Crippen MR) is 87.8 cm³/mol. The molecular weight excluding hydrogens is 348 g/mol. The number of hydrogen-bond donors (Lipinski definition) is 1. The lowest BCUT2D eigenvalue weighted by atomic mass is 9.95. The van der Waals surface area contributed by atoms with E-state index in [4.69, 9.17) is 0 Å². The molecule has 4 rings (SSSR count). The standard InChI is InChI=1S/C16H15BrN2OS/c17-12-5-3-11(4-6-12)16(7-8-16)14(20)19-15-18-13(9-21-15)10-1-2-10/h3-6,9-10H,1-2,7-8H2,(H,18,19,20). The van der Waals surface area contributed by atoms with Crippen LogP contribution in [0.1, 0.15) is 42.9 Å². The first-order chi connectivity index (χ1) is 10.2. The predicted octanol–water partition coefficient (Wildman–Crippen LogP) is 4.45. The van der Waals surface area contributed by atoms with E-state index in [1.54, 1.807) is 0 Å². The van der Waals surface area contributed by atoms with E-state index in [1.807, 2.05) is 24.3 Å². The number of rotatable bonds is 4. The van der Waals surface area contributed by atoms with E-state index in [0.717, 1.165) is 33.7 Å². The molecule has 1 aromatic heterocycles. The van der Waals surface area contributed by atoms with Gasteiger partial charge in [0.2, 0.25) is 5.91 Å². The van der Waals surface area contributed by atoms with Crippen LogP contribution in [0, 0.1) is 0 Å². The van der Waals surface area contributed by atoms with E-state index in [-0.39, 0.29) is 11.3 Å². The molecule has 1 N–H and O–H groups in total. The van der Waals surface area contributed by atoms with Crippen molar-refractivity contribution in [1.82, 2.24) is 4.98 Å². The molecule has 0 bridgehead atoms. The number of nitrogens with one attached hydrogen (secondary N) is 1. The van der Waals surface area contributed by atoms with E-state index in [2.05, 4.69) is 31.6 Å². The molecule has 0 atom stereocenters. The lowest BCUT2D eigenvalue weighted by molar-refractivity contribution is -0.118. The van der Waals surface area contributed by atoms with Gasteiger partial charge in [-0.3, -0.25) is 4.79 Å². The zero-order chi connectivity index (χ0) is 14.4. The summed E-state index contributed by atoms with van der Waals surface area (Å²) in [5.41, 5.74) is 1.90. The van der Waals surface area contributed by atoms with E-state index < -0.39 is 0 Å². The number of carbonyl (C=O) groups is 1. The SMILES string of the molecule is O=C(Nc1nc(C2CC2)cs1)C1(c2ccc(Br)cc2)CC1. The van der Waals surface area contributed by atoms with Crippen molar-refractivity contribution in [2.45, 2.75) is 37.0 Å². The topological polar surface area (TPSA) is 42.0 Å². The number of nitrogens with zero attached hydrogens (tertiary/aromatic N) is 1. The first-order valence-electron chi connectivity index (χ1n) is 7.20. The highest BCUT2D eigenvalue weighted by atomic mass is 79.9. The van der Waals surface area contributed by atoms with Crippen LogP contribution in [0.25, 0.3) is 0 Å². The summed E-state index contributed by atoms with van der Waals surface area (Å²) in [5.74, 6) is 0.717. The summed E-state index contributed by atoms with van der Waals surface area (Å²) in [4.78, 5) is 17.2. The van der Waals surface area contributed by atoms with Gasteiger partial charge in [0.1, 0.15) is 0 Å². The molecule has 2 aliphatic carbocycles. The first kappa shape index (κ1) is 13.5. The van der Waals surface area contributed by atoms with Gasteiger partial charge >= 0.3 is 0 Å². The molecule has 3 nitrogen and oxygen atoms in total. The molecule has 2 aliphatic rings. The average molecular weight is 363 g/mol. The number of benzene rings is 1. The molecule has 1 heterocycles. The number of halogens is 1. The Morgan fingerprint density at radius 2 is 2.00 bits per heavy atom. The molecule has 0 radical (unpaired) electrons. The van der Waals surface area contributed by atoms with Crippen molar-refractivity contribution >= 4 is 38.3 Å². The van der Waals surface area contributed by atoms with Gasteiger partial charge in [-0.2, -0.15) is 0 Å². The molecule has 0 aliphatic heterocycles. The minimum absolute atomic E-state index is 0.0847. The summed E-state index contributed by atoms with van der Waals surface area (Å²) in [6.45, 7) is 0. The fraction of sp³-hybridized carbons (Fsp3) is 0.375. The van der Waals surface area contributed by atoms with Crippen molar-refractivity contribution in [1.29, 1.82) is 0 Å². The smallest absolute Gasteiger partial charge is 0.236 e. The average Bonchev–Trinajstić information content (AvgIpc) is 3.39. The summed E-state index contributed by atoms with van der Waals surface area (Å²) in [6, 6.07) is 8.07. The second-order valence-corrected chi connectivity index (χ2v) is 7.67. The monoisotopic (exact) mass is 362 g/mol. The zero-order valence-electron chi connectivity index (χ0n) is 11.4. The number of anilines is 1. The minimum atomic E-state index is -0.341. The van der Waals surface area contributed by atoms with Gasteiger partial charge in [0, 0.05) is 15.8 Å². The highest BCUT2D eigenvalue weighted by molar-refractivity contribution is 9.10. The van der Waals surface area contributed by atoms with Crippen molar-refractivity contribution in [3.63, 3.8) is 0 Å². The number of aromatic nitrogens is 1. The van der Waals surface area contributed by atoms with Crippen LogP contribution in [0.5, 0.6) is 0 Å². The Bertz CT molecular complexity index is 687. The first-order valence-corrected chi connectivity index (χ1v) is 8.88. The van der Waals surface area contributed by atoms with Gasteiger partial charge < -0.3 is 5.32 Å². The Morgan fingerprint density at radius 3 is 2.62 bits per heavy atom. The largest absolute Gasteiger partial charge is 0.301 e. The van der Waals surface area contributed by atoms with E-state index in [1.165, 1.54) is 24.2 Å². The Hall–Kier alpha value is -1.20. The zero-order valence-corrected chi connectivity index (χ0v) is 13.8. The highest BCUT2D eigenvalue weighted by Crippen LogP contribution is 2.49. The van der Waals surface area contributed by atoms with Gasteiger partial charge in [-0.25, -0.2) is 4.98 Å². The molecule has 5 heteroatoms. The van der Waals surface area contributed by atoms with Crippen molar-refractivity contribution in [3.05, 3.63) is 45.4 Å². The lowest BCUT2D eigenvalue weighted by Gasteiger charge is -2.14. The second kappa shape index (κ2) is 4.92. The van der Waals surface area contributed by atoms with Gasteiger partial charge in [-0.1, -0.05) is 28.1 Å². The number of amides is 1. The Kier molecular flexibility index (Phi) is 3.15. The van der Waals surface area contributed by atoms with Gasteiger partial charge in [-0.05, 0) is 43.4 Å². The fourth-order valence-corrected chi connectivity index (χ4v) is 3.72. The van der Waals surface area contributed by atoms with Crippen LogP contribution in [0.3, 0.4) is 0 Å². The lowest BCUT2D eigenvalue weighted by Crippen LogP contribution is -2.27. The van der Waals surface area contributed by atoms with Crippen LogP contribution < -0.4 is 5.32 Å². The summed E-state index contributed by atoms with van der Waals surface area (Å²) < 4.78 is 1.04. The molecular formula is C16H15BrN2OS. The summed E-state index contributed by atoms with van der Waals surface area (Å²) in [7, 11) is 0. The van der Waals surface area contributed by atoms with Crippen LogP contribution in [0.4, 0.5) is 5.13 Å². The fourth-order valence-electron chi connectivity index (χ4n) is 2.67. The molecule has 0 unspecified atom stereocenters. The van der Waals surface area contributed by atoms with Gasteiger partial charge in [0.05, 0.1) is 11.1 Å². The summed E-state index contributed by atoms with van der Waals surface area (Å²) in [6.07, 6.45) is 4.31. The highest BCUT2D eigenvalue weighted by Gasteiger charge is 2.51. The third-order valence-electron chi connectivity index (χ3n) is 4.32. The number of carbonyl (C=O) groups excluding carboxylic acids is 1. The molecule has 0 saturated heterocycles. The normalized spacial score (nSPS) is 19.3. The van der Waals surface area contributed by atoms with Gasteiger partial charge in [0.15, 0.2) is 5.13 Å². The van der Waals surface area contributed by atoms with Crippen molar-refractivity contribution < 1.29 is 4.79 Å².